The fraction of sp³-hybridized carbons (Fsp3) is 0.417. The highest BCUT2D eigenvalue weighted by Crippen LogP contribution is 2.36. The number of halogens is 1. The lowest BCUT2D eigenvalue weighted by Gasteiger charge is -2.55. The first-order valence-electron chi connectivity index (χ1n) is 5.37. The smallest absolute Gasteiger partial charge is 0.254 e. The second kappa shape index (κ2) is 3.57. The van der Waals surface area contributed by atoms with Gasteiger partial charge in [0.15, 0.2) is 0 Å². The number of ether oxygens (including phenoxy) is 1. The van der Waals surface area contributed by atoms with Crippen molar-refractivity contribution in [2.45, 2.75) is 12.0 Å². The molecule has 1 amide bonds. The van der Waals surface area contributed by atoms with E-state index in [4.69, 9.17) is 4.74 Å². The molecule has 0 unspecified atom stereocenters. The summed E-state index contributed by atoms with van der Waals surface area (Å²) in [5.74, 6) is 0.105. The van der Waals surface area contributed by atoms with E-state index in [9.17, 15) is 4.79 Å². The minimum Gasteiger partial charge on any atom is -0.371 e. The zero-order valence-corrected chi connectivity index (χ0v) is 10.4. The standard InChI is InChI=1S/C12H12BrNO2/c13-10-3-1-9(2-4-10)11(15)14-7-12(8-14)5-6-16-12/h1-4H,5-8H2. The highest BCUT2D eigenvalue weighted by molar-refractivity contribution is 9.10. The Morgan fingerprint density at radius 3 is 2.44 bits per heavy atom. The molecular formula is C12H12BrNO2. The van der Waals surface area contributed by atoms with E-state index in [1.165, 1.54) is 0 Å². The molecule has 0 atom stereocenters. The molecule has 3 rings (SSSR count). The maximum Gasteiger partial charge on any atom is 0.254 e. The van der Waals surface area contributed by atoms with Crippen molar-refractivity contribution in [3.63, 3.8) is 0 Å². The average molecular weight is 282 g/mol. The molecule has 0 saturated carbocycles. The van der Waals surface area contributed by atoms with Gasteiger partial charge in [-0.3, -0.25) is 4.79 Å². The maximum atomic E-state index is 12.0. The Kier molecular flexibility index (Phi) is 2.30. The summed E-state index contributed by atoms with van der Waals surface area (Å²) in [6, 6.07) is 7.48. The van der Waals surface area contributed by atoms with Crippen LogP contribution in [-0.4, -0.2) is 36.1 Å². The molecule has 4 heteroatoms. The topological polar surface area (TPSA) is 29.5 Å². The normalized spacial score (nSPS) is 21.4. The van der Waals surface area contributed by atoms with Crippen molar-refractivity contribution < 1.29 is 9.53 Å². The SMILES string of the molecule is O=C(c1ccc(Br)cc1)N1CC2(CCO2)C1. The second-order valence-electron chi connectivity index (χ2n) is 4.45. The van der Waals surface area contributed by atoms with E-state index in [-0.39, 0.29) is 11.5 Å². The van der Waals surface area contributed by atoms with Gasteiger partial charge < -0.3 is 9.64 Å². The first kappa shape index (κ1) is 10.3. The number of carbonyl (C=O) groups excluding carboxylic acids is 1. The summed E-state index contributed by atoms with van der Waals surface area (Å²) in [5, 5.41) is 0. The monoisotopic (exact) mass is 281 g/mol. The van der Waals surface area contributed by atoms with E-state index in [0.717, 1.165) is 36.2 Å². The van der Waals surface area contributed by atoms with Gasteiger partial charge in [0.2, 0.25) is 0 Å². The molecule has 0 bridgehead atoms. The van der Waals surface area contributed by atoms with Gasteiger partial charge >= 0.3 is 0 Å². The van der Waals surface area contributed by atoms with Crippen LogP contribution in [0.25, 0.3) is 0 Å². The van der Waals surface area contributed by atoms with Gasteiger partial charge in [-0.05, 0) is 24.3 Å². The lowest BCUT2D eigenvalue weighted by molar-refractivity contribution is -0.209. The van der Waals surface area contributed by atoms with Crippen LogP contribution in [0.1, 0.15) is 16.8 Å². The zero-order valence-electron chi connectivity index (χ0n) is 8.78. The number of benzene rings is 1. The van der Waals surface area contributed by atoms with Crippen molar-refractivity contribution in [3.8, 4) is 0 Å². The van der Waals surface area contributed by atoms with Crippen LogP contribution in [-0.2, 0) is 4.74 Å². The highest BCUT2D eigenvalue weighted by Gasteiger charge is 2.50. The molecule has 1 aromatic rings. The number of hydrogen-bond acceptors (Lipinski definition) is 2. The van der Waals surface area contributed by atoms with Crippen LogP contribution in [0.5, 0.6) is 0 Å². The number of rotatable bonds is 1. The van der Waals surface area contributed by atoms with Gasteiger partial charge in [0.1, 0.15) is 5.60 Å². The number of carbonyl (C=O) groups is 1. The molecule has 2 saturated heterocycles. The lowest BCUT2D eigenvalue weighted by atomic mass is 9.86. The van der Waals surface area contributed by atoms with Crippen molar-refractivity contribution in [1.29, 1.82) is 0 Å². The summed E-state index contributed by atoms with van der Waals surface area (Å²) in [6.45, 7) is 2.35. The molecule has 0 aromatic heterocycles. The van der Waals surface area contributed by atoms with Crippen LogP contribution in [0.15, 0.2) is 28.7 Å². The first-order chi connectivity index (χ1) is 7.69. The van der Waals surface area contributed by atoms with Crippen LogP contribution in [0, 0.1) is 0 Å². The van der Waals surface area contributed by atoms with Gasteiger partial charge in [-0.1, -0.05) is 15.9 Å². The van der Waals surface area contributed by atoms with Gasteiger partial charge in [-0.25, -0.2) is 0 Å². The third-order valence-corrected chi connectivity index (χ3v) is 3.83. The van der Waals surface area contributed by atoms with Gasteiger partial charge in [0.05, 0.1) is 19.7 Å². The number of amides is 1. The van der Waals surface area contributed by atoms with Gasteiger partial charge in [-0.15, -0.1) is 0 Å². The third-order valence-electron chi connectivity index (χ3n) is 3.30. The molecule has 0 N–H and O–H groups in total. The van der Waals surface area contributed by atoms with Gasteiger partial charge in [-0.2, -0.15) is 0 Å². The summed E-state index contributed by atoms with van der Waals surface area (Å²) in [6.07, 6.45) is 1.09. The Bertz CT molecular complexity index is 417. The summed E-state index contributed by atoms with van der Waals surface area (Å²) in [4.78, 5) is 13.9. The molecule has 2 aliphatic heterocycles. The molecular weight excluding hydrogens is 270 g/mol. The zero-order chi connectivity index (χ0) is 11.2. The quantitative estimate of drug-likeness (QED) is 0.789. The molecule has 84 valence electrons. The third kappa shape index (κ3) is 1.57. The molecule has 3 nitrogen and oxygen atoms in total. The minimum atomic E-state index is 0.0189. The number of likely N-dealkylation sites (tertiary alicyclic amines) is 1. The van der Waals surface area contributed by atoms with E-state index >= 15 is 0 Å². The average Bonchev–Trinajstić information content (AvgIpc) is 2.14. The predicted octanol–water partition coefficient (Wildman–Crippen LogP) is 2.06. The molecule has 2 heterocycles. The van der Waals surface area contributed by atoms with Gasteiger partial charge in [0, 0.05) is 16.5 Å². The molecule has 1 aromatic carbocycles. The highest BCUT2D eigenvalue weighted by atomic mass is 79.9. The van der Waals surface area contributed by atoms with Gasteiger partial charge in [0.25, 0.3) is 5.91 Å². The molecule has 0 radical (unpaired) electrons. The van der Waals surface area contributed by atoms with Crippen LogP contribution in [0.4, 0.5) is 0 Å². The molecule has 2 fully saturated rings. The molecule has 1 spiro atoms. The van der Waals surface area contributed by atoms with Crippen LogP contribution in [0.3, 0.4) is 0 Å². The minimum absolute atomic E-state index is 0.0189. The Hall–Kier alpha value is -0.870. The van der Waals surface area contributed by atoms with Crippen molar-refractivity contribution in [1.82, 2.24) is 4.90 Å². The molecule has 16 heavy (non-hydrogen) atoms. The van der Waals surface area contributed by atoms with Crippen LogP contribution >= 0.6 is 15.9 Å². The summed E-state index contributed by atoms with van der Waals surface area (Å²) in [5.41, 5.74) is 0.766. The summed E-state index contributed by atoms with van der Waals surface area (Å²) >= 11 is 3.36. The van der Waals surface area contributed by atoms with Crippen molar-refractivity contribution >= 4 is 21.8 Å². The fourth-order valence-corrected chi connectivity index (χ4v) is 2.47. The summed E-state index contributed by atoms with van der Waals surface area (Å²) < 4.78 is 6.48. The Balaban J connectivity index is 1.68. The number of nitrogens with zero attached hydrogens (tertiary/aromatic N) is 1. The summed E-state index contributed by atoms with van der Waals surface area (Å²) in [7, 11) is 0. The first-order valence-corrected chi connectivity index (χ1v) is 6.17. The van der Waals surface area contributed by atoms with Crippen molar-refractivity contribution in [2.24, 2.45) is 0 Å². The van der Waals surface area contributed by atoms with Crippen molar-refractivity contribution in [3.05, 3.63) is 34.3 Å². The molecule has 2 aliphatic rings. The lowest BCUT2D eigenvalue weighted by Crippen LogP contribution is -2.69. The Morgan fingerprint density at radius 2 is 1.94 bits per heavy atom. The van der Waals surface area contributed by atoms with E-state index < -0.39 is 0 Å². The maximum absolute atomic E-state index is 12.0. The molecule has 0 aliphatic carbocycles. The van der Waals surface area contributed by atoms with E-state index in [2.05, 4.69) is 15.9 Å². The van der Waals surface area contributed by atoms with E-state index in [1.54, 1.807) is 0 Å². The van der Waals surface area contributed by atoms with Crippen molar-refractivity contribution in [2.75, 3.05) is 19.7 Å². The van der Waals surface area contributed by atoms with Crippen LogP contribution in [0.2, 0.25) is 0 Å². The fourth-order valence-electron chi connectivity index (χ4n) is 2.21. The largest absolute Gasteiger partial charge is 0.371 e. The predicted molar refractivity (Wildman–Crippen MR) is 63.3 cm³/mol. The van der Waals surface area contributed by atoms with Crippen LogP contribution < -0.4 is 0 Å². The second-order valence-corrected chi connectivity index (χ2v) is 5.37. The number of hydrogen-bond donors (Lipinski definition) is 0. The van der Waals surface area contributed by atoms with E-state index in [0.29, 0.717) is 0 Å². The Morgan fingerprint density at radius 1 is 1.31 bits per heavy atom. The van der Waals surface area contributed by atoms with E-state index in [1.807, 2.05) is 29.2 Å². The Labute approximate surface area is 103 Å².